The van der Waals surface area contributed by atoms with Crippen molar-refractivity contribution in [2.45, 2.75) is 33.1 Å². The molecule has 0 aromatic rings. The second-order valence-corrected chi connectivity index (χ2v) is 7.25. The van der Waals surface area contributed by atoms with Gasteiger partial charge >= 0.3 is 0 Å². The quantitative estimate of drug-likeness (QED) is 0.833. The molecule has 1 N–H and O–H groups in total. The first-order valence-electron chi connectivity index (χ1n) is 7.20. The highest BCUT2D eigenvalue weighted by Gasteiger charge is 2.39. The minimum Gasteiger partial charge on any atom is -0.341 e. The van der Waals surface area contributed by atoms with Crippen molar-refractivity contribution < 1.29 is 4.79 Å². The molecule has 2 saturated heterocycles. The van der Waals surface area contributed by atoms with Crippen LogP contribution in [0.1, 0.15) is 33.1 Å². The van der Waals surface area contributed by atoms with Crippen LogP contribution in [0.25, 0.3) is 0 Å². The molecule has 18 heavy (non-hydrogen) atoms. The number of nitrogens with zero attached hydrogens (tertiary/aromatic N) is 1. The van der Waals surface area contributed by atoms with E-state index in [1.165, 1.54) is 18.6 Å². The number of thioether (sulfide) groups is 1. The Balaban J connectivity index is 2.00. The molecule has 1 atom stereocenters. The van der Waals surface area contributed by atoms with E-state index < -0.39 is 0 Å². The number of rotatable bonds is 2. The standard InChI is InChI=1S/C14H26N2OS/c1-14(2,12-5-3-6-15-11-12)13(17)16-7-4-9-18-10-8-16/h12,15H,3-11H2,1-2H3. The molecule has 2 heterocycles. The van der Waals surface area contributed by atoms with E-state index in [4.69, 9.17) is 0 Å². The zero-order chi connectivity index (χ0) is 13.0. The summed E-state index contributed by atoms with van der Waals surface area (Å²) in [6.07, 6.45) is 3.54. The minimum absolute atomic E-state index is 0.206. The molecule has 0 aromatic heterocycles. The largest absolute Gasteiger partial charge is 0.341 e. The molecular formula is C14H26N2OS. The average molecular weight is 270 g/mol. The van der Waals surface area contributed by atoms with Gasteiger partial charge in [0.05, 0.1) is 0 Å². The summed E-state index contributed by atoms with van der Waals surface area (Å²) in [7, 11) is 0. The van der Waals surface area contributed by atoms with Crippen molar-refractivity contribution in [3.05, 3.63) is 0 Å². The third kappa shape index (κ3) is 3.21. The predicted molar refractivity (Wildman–Crippen MR) is 77.9 cm³/mol. The third-order valence-corrected chi connectivity index (χ3v) is 5.43. The summed E-state index contributed by atoms with van der Waals surface area (Å²) in [5.41, 5.74) is -0.206. The number of carbonyl (C=O) groups is 1. The normalized spacial score (nSPS) is 26.8. The SMILES string of the molecule is CC(C)(C(=O)N1CCCSCC1)C1CCCNC1. The number of carbonyl (C=O) groups excluding carboxylic acids is 1. The van der Waals surface area contributed by atoms with E-state index in [1.807, 2.05) is 11.8 Å². The van der Waals surface area contributed by atoms with E-state index in [0.717, 1.165) is 38.4 Å². The molecule has 1 amide bonds. The Hall–Kier alpha value is -0.220. The van der Waals surface area contributed by atoms with E-state index in [0.29, 0.717) is 11.8 Å². The highest BCUT2D eigenvalue weighted by Crippen LogP contribution is 2.34. The van der Waals surface area contributed by atoms with Gasteiger partial charge in [0.2, 0.25) is 5.91 Å². The van der Waals surface area contributed by atoms with Gasteiger partial charge in [-0.15, -0.1) is 0 Å². The van der Waals surface area contributed by atoms with E-state index in [-0.39, 0.29) is 5.41 Å². The van der Waals surface area contributed by atoms with Gasteiger partial charge in [0.1, 0.15) is 0 Å². The van der Waals surface area contributed by atoms with Crippen LogP contribution in [0.15, 0.2) is 0 Å². The number of hydrogen-bond donors (Lipinski definition) is 1. The van der Waals surface area contributed by atoms with Gasteiger partial charge in [-0.25, -0.2) is 0 Å². The zero-order valence-electron chi connectivity index (χ0n) is 11.7. The Labute approximate surface area is 115 Å². The van der Waals surface area contributed by atoms with Crippen LogP contribution in [0.4, 0.5) is 0 Å². The molecule has 0 radical (unpaired) electrons. The summed E-state index contributed by atoms with van der Waals surface area (Å²) in [4.78, 5) is 14.9. The van der Waals surface area contributed by atoms with E-state index >= 15 is 0 Å². The number of hydrogen-bond acceptors (Lipinski definition) is 3. The second-order valence-electron chi connectivity index (χ2n) is 6.02. The highest BCUT2D eigenvalue weighted by molar-refractivity contribution is 7.99. The molecule has 2 fully saturated rings. The van der Waals surface area contributed by atoms with Gasteiger partial charge in [-0.2, -0.15) is 11.8 Å². The third-order valence-electron chi connectivity index (χ3n) is 4.38. The van der Waals surface area contributed by atoms with Crippen molar-refractivity contribution in [2.24, 2.45) is 11.3 Å². The molecule has 3 nitrogen and oxygen atoms in total. The fraction of sp³-hybridized carbons (Fsp3) is 0.929. The van der Waals surface area contributed by atoms with Gasteiger partial charge in [-0.3, -0.25) is 4.79 Å². The molecule has 0 bridgehead atoms. The second kappa shape index (κ2) is 6.29. The summed E-state index contributed by atoms with van der Waals surface area (Å²) >= 11 is 1.98. The summed E-state index contributed by atoms with van der Waals surface area (Å²) in [6.45, 7) is 8.29. The van der Waals surface area contributed by atoms with Crippen LogP contribution in [0.2, 0.25) is 0 Å². The van der Waals surface area contributed by atoms with Gasteiger partial charge < -0.3 is 10.2 Å². The Morgan fingerprint density at radius 1 is 1.28 bits per heavy atom. The van der Waals surface area contributed by atoms with Crippen molar-refractivity contribution >= 4 is 17.7 Å². The Morgan fingerprint density at radius 3 is 2.83 bits per heavy atom. The van der Waals surface area contributed by atoms with E-state index in [2.05, 4.69) is 24.1 Å². The maximum absolute atomic E-state index is 12.8. The lowest BCUT2D eigenvalue weighted by Gasteiger charge is -2.39. The fourth-order valence-electron chi connectivity index (χ4n) is 3.00. The van der Waals surface area contributed by atoms with Crippen LogP contribution >= 0.6 is 11.8 Å². The summed E-state index contributed by atoms with van der Waals surface area (Å²) < 4.78 is 0. The maximum Gasteiger partial charge on any atom is 0.228 e. The zero-order valence-corrected chi connectivity index (χ0v) is 12.5. The topological polar surface area (TPSA) is 32.3 Å². The van der Waals surface area contributed by atoms with Crippen LogP contribution in [-0.2, 0) is 4.79 Å². The molecule has 0 saturated carbocycles. The van der Waals surface area contributed by atoms with Gasteiger partial charge in [0.15, 0.2) is 0 Å². The maximum atomic E-state index is 12.8. The lowest BCUT2D eigenvalue weighted by Crippen LogP contribution is -2.49. The van der Waals surface area contributed by atoms with Gasteiger partial charge in [-0.05, 0) is 44.0 Å². The molecule has 104 valence electrons. The summed E-state index contributed by atoms with van der Waals surface area (Å²) in [6, 6.07) is 0. The first-order chi connectivity index (χ1) is 8.62. The Bertz CT molecular complexity index is 280. The molecule has 2 aliphatic rings. The predicted octanol–water partition coefficient (Wildman–Crippen LogP) is 1.98. The molecular weight excluding hydrogens is 244 g/mol. The first-order valence-corrected chi connectivity index (χ1v) is 8.35. The molecule has 2 aliphatic heterocycles. The van der Waals surface area contributed by atoms with Crippen molar-refractivity contribution in [1.82, 2.24) is 10.2 Å². The van der Waals surface area contributed by atoms with Crippen LogP contribution in [-0.4, -0.2) is 48.5 Å². The Morgan fingerprint density at radius 2 is 2.11 bits per heavy atom. The minimum atomic E-state index is -0.206. The number of piperidine rings is 1. The highest BCUT2D eigenvalue weighted by atomic mass is 32.2. The van der Waals surface area contributed by atoms with Crippen LogP contribution in [0.5, 0.6) is 0 Å². The van der Waals surface area contributed by atoms with Crippen molar-refractivity contribution in [3.63, 3.8) is 0 Å². The average Bonchev–Trinajstić information content (AvgIpc) is 2.67. The van der Waals surface area contributed by atoms with E-state index in [9.17, 15) is 4.79 Å². The lowest BCUT2D eigenvalue weighted by molar-refractivity contribution is -0.143. The summed E-state index contributed by atoms with van der Waals surface area (Å²) in [5, 5.41) is 3.44. The summed E-state index contributed by atoms with van der Waals surface area (Å²) in [5.74, 6) is 3.17. The fourth-order valence-corrected chi connectivity index (χ4v) is 3.89. The molecule has 4 heteroatoms. The molecule has 0 spiro atoms. The van der Waals surface area contributed by atoms with Crippen molar-refractivity contribution in [3.8, 4) is 0 Å². The molecule has 0 aliphatic carbocycles. The Kier molecular flexibility index (Phi) is 4.96. The molecule has 2 rings (SSSR count). The molecule has 1 unspecified atom stereocenters. The smallest absolute Gasteiger partial charge is 0.228 e. The lowest BCUT2D eigenvalue weighted by atomic mass is 9.74. The van der Waals surface area contributed by atoms with Crippen LogP contribution in [0.3, 0.4) is 0 Å². The molecule has 0 aromatic carbocycles. The van der Waals surface area contributed by atoms with Gasteiger partial charge in [0, 0.05) is 24.3 Å². The number of amides is 1. The van der Waals surface area contributed by atoms with Crippen molar-refractivity contribution in [2.75, 3.05) is 37.7 Å². The van der Waals surface area contributed by atoms with Crippen molar-refractivity contribution in [1.29, 1.82) is 0 Å². The van der Waals surface area contributed by atoms with Gasteiger partial charge in [0.25, 0.3) is 0 Å². The van der Waals surface area contributed by atoms with E-state index in [1.54, 1.807) is 0 Å². The van der Waals surface area contributed by atoms with Crippen LogP contribution in [0, 0.1) is 11.3 Å². The number of nitrogens with one attached hydrogen (secondary N) is 1. The van der Waals surface area contributed by atoms with Crippen LogP contribution < -0.4 is 5.32 Å². The monoisotopic (exact) mass is 270 g/mol. The van der Waals surface area contributed by atoms with Gasteiger partial charge in [-0.1, -0.05) is 13.8 Å². The first kappa shape index (κ1) is 14.2.